The Bertz CT molecular complexity index is 628. The molecule has 0 aliphatic heterocycles. The maximum atomic E-state index is 13.2. The number of hydrogen-bond acceptors (Lipinski definition) is 2. The smallest absolute Gasteiger partial charge is 0.259 e. The van der Waals surface area contributed by atoms with Gasteiger partial charge in [0.1, 0.15) is 11.6 Å². The molecule has 1 amide bonds. The van der Waals surface area contributed by atoms with Gasteiger partial charge in [0.05, 0.1) is 12.2 Å². The van der Waals surface area contributed by atoms with Gasteiger partial charge in [0, 0.05) is 5.69 Å². The third-order valence-corrected chi connectivity index (χ3v) is 3.22. The van der Waals surface area contributed by atoms with Crippen LogP contribution >= 0.6 is 0 Å². The summed E-state index contributed by atoms with van der Waals surface area (Å²) in [5, 5.41) is 2.68. The van der Waals surface area contributed by atoms with E-state index in [0.29, 0.717) is 23.6 Å². The first-order valence-electron chi connectivity index (χ1n) is 7.49. The Kier molecular flexibility index (Phi) is 5.95. The predicted octanol–water partition coefficient (Wildman–Crippen LogP) is 4.65. The summed E-state index contributed by atoms with van der Waals surface area (Å²) in [6, 6.07) is 12.9. The summed E-state index contributed by atoms with van der Waals surface area (Å²) in [5.74, 6) is -0.147. The lowest BCUT2D eigenvalue weighted by atomic mass is 10.1. The highest BCUT2D eigenvalue weighted by Crippen LogP contribution is 2.20. The van der Waals surface area contributed by atoms with Crippen molar-refractivity contribution in [1.29, 1.82) is 0 Å². The average Bonchev–Trinajstić information content (AvgIpc) is 2.52. The Balaban J connectivity index is 2.05. The number of nitrogens with one attached hydrogen (secondary N) is 1. The Morgan fingerprint density at radius 2 is 1.95 bits per heavy atom. The third kappa shape index (κ3) is 4.58. The molecule has 0 fully saturated rings. The largest absolute Gasteiger partial charge is 0.493 e. The number of unbranched alkanes of at least 4 members (excludes halogenated alkanes) is 2. The van der Waals surface area contributed by atoms with Gasteiger partial charge in [-0.05, 0) is 36.8 Å². The van der Waals surface area contributed by atoms with Crippen LogP contribution in [0.3, 0.4) is 0 Å². The number of rotatable bonds is 7. The van der Waals surface area contributed by atoms with Crippen LogP contribution in [-0.2, 0) is 0 Å². The van der Waals surface area contributed by atoms with Gasteiger partial charge in [-0.3, -0.25) is 4.79 Å². The number of carbonyl (C=O) groups is 1. The second-order valence-corrected chi connectivity index (χ2v) is 5.02. The molecule has 0 spiro atoms. The number of anilines is 1. The van der Waals surface area contributed by atoms with E-state index in [-0.39, 0.29) is 11.7 Å². The zero-order valence-electron chi connectivity index (χ0n) is 12.6. The highest BCUT2D eigenvalue weighted by molar-refractivity contribution is 6.06. The van der Waals surface area contributed by atoms with Crippen molar-refractivity contribution in [2.75, 3.05) is 11.9 Å². The summed E-state index contributed by atoms with van der Waals surface area (Å²) >= 11 is 0. The van der Waals surface area contributed by atoms with Crippen LogP contribution in [0.25, 0.3) is 0 Å². The predicted molar refractivity (Wildman–Crippen MR) is 85.8 cm³/mol. The summed E-state index contributed by atoms with van der Waals surface area (Å²) in [4.78, 5) is 12.3. The summed E-state index contributed by atoms with van der Waals surface area (Å²) < 4.78 is 18.8. The molecule has 2 rings (SSSR count). The van der Waals surface area contributed by atoms with Gasteiger partial charge in [0.2, 0.25) is 0 Å². The summed E-state index contributed by atoms with van der Waals surface area (Å²) in [7, 11) is 0. The molecule has 22 heavy (non-hydrogen) atoms. The van der Waals surface area contributed by atoms with E-state index in [1.54, 1.807) is 30.3 Å². The molecule has 116 valence electrons. The zero-order valence-corrected chi connectivity index (χ0v) is 12.6. The lowest BCUT2D eigenvalue weighted by Gasteiger charge is -2.11. The molecular formula is C18H20FNO2. The molecular weight excluding hydrogens is 281 g/mol. The van der Waals surface area contributed by atoms with Gasteiger partial charge in [0.25, 0.3) is 5.91 Å². The van der Waals surface area contributed by atoms with Crippen molar-refractivity contribution in [3.63, 3.8) is 0 Å². The van der Waals surface area contributed by atoms with Crippen molar-refractivity contribution < 1.29 is 13.9 Å². The Hall–Kier alpha value is -2.36. The molecule has 3 nitrogen and oxygen atoms in total. The van der Waals surface area contributed by atoms with Crippen LogP contribution in [0, 0.1) is 5.82 Å². The van der Waals surface area contributed by atoms with E-state index in [2.05, 4.69) is 12.2 Å². The van der Waals surface area contributed by atoms with E-state index in [1.807, 2.05) is 6.07 Å². The Morgan fingerprint density at radius 1 is 1.14 bits per heavy atom. The average molecular weight is 301 g/mol. The Labute approximate surface area is 130 Å². The van der Waals surface area contributed by atoms with Gasteiger partial charge in [-0.2, -0.15) is 0 Å². The molecule has 2 aromatic rings. The van der Waals surface area contributed by atoms with Crippen molar-refractivity contribution >= 4 is 11.6 Å². The number of para-hydroxylation sites is 1. The van der Waals surface area contributed by atoms with Gasteiger partial charge < -0.3 is 10.1 Å². The number of benzene rings is 2. The minimum Gasteiger partial charge on any atom is -0.493 e. The molecule has 2 aromatic carbocycles. The monoisotopic (exact) mass is 301 g/mol. The lowest BCUT2D eigenvalue weighted by molar-refractivity contribution is 0.102. The summed E-state index contributed by atoms with van der Waals surface area (Å²) in [6.07, 6.45) is 3.17. The zero-order chi connectivity index (χ0) is 15.8. The quantitative estimate of drug-likeness (QED) is 0.756. The molecule has 4 heteroatoms. The first-order chi connectivity index (χ1) is 10.7. The molecule has 0 aliphatic rings. The van der Waals surface area contributed by atoms with Crippen LogP contribution in [0.4, 0.5) is 10.1 Å². The molecule has 0 atom stereocenters. The minimum atomic E-state index is -0.387. The molecule has 0 radical (unpaired) electrons. The van der Waals surface area contributed by atoms with Crippen molar-refractivity contribution in [3.8, 4) is 5.75 Å². The van der Waals surface area contributed by atoms with Gasteiger partial charge in [-0.25, -0.2) is 4.39 Å². The fraction of sp³-hybridized carbons (Fsp3) is 0.278. The van der Waals surface area contributed by atoms with Crippen LogP contribution in [-0.4, -0.2) is 12.5 Å². The summed E-state index contributed by atoms with van der Waals surface area (Å²) in [6.45, 7) is 2.71. The number of hydrogen-bond donors (Lipinski definition) is 1. The second kappa shape index (κ2) is 8.17. The minimum absolute atomic E-state index is 0.309. The highest BCUT2D eigenvalue weighted by atomic mass is 19.1. The van der Waals surface area contributed by atoms with E-state index in [4.69, 9.17) is 4.74 Å². The number of amides is 1. The first-order valence-corrected chi connectivity index (χ1v) is 7.49. The van der Waals surface area contributed by atoms with Crippen LogP contribution in [0.5, 0.6) is 5.75 Å². The maximum absolute atomic E-state index is 13.2. The highest BCUT2D eigenvalue weighted by Gasteiger charge is 2.12. The number of carbonyl (C=O) groups excluding carboxylic acids is 1. The molecule has 0 aliphatic carbocycles. The van der Waals surface area contributed by atoms with E-state index in [0.717, 1.165) is 19.3 Å². The third-order valence-electron chi connectivity index (χ3n) is 3.22. The number of halogens is 1. The molecule has 1 N–H and O–H groups in total. The Morgan fingerprint density at radius 3 is 2.73 bits per heavy atom. The van der Waals surface area contributed by atoms with Crippen molar-refractivity contribution in [2.24, 2.45) is 0 Å². The SMILES string of the molecule is CCCCCOc1ccccc1C(=O)Nc1cccc(F)c1. The van der Waals surface area contributed by atoms with Gasteiger partial charge in [0.15, 0.2) is 0 Å². The van der Waals surface area contributed by atoms with Crippen molar-refractivity contribution in [3.05, 3.63) is 59.9 Å². The van der Waals surface area contributed by atoms with E-state index in [9.17, 15) is 9.18 Å². The normalized spacial score (nSPS) is 10.3. The molecule has 0 heterocycles. The molecule has 0 saturated heterocycles. The standard InChI is InChI=1S/C18H20FNO2/c1-2-3-6-12-22-17-11-5-4-10-16(17)18(21)20-15-9-7-8-14(19)13-15/h4-5,7-11,13H,2-3,6,12H2,1H3,(H,20,21). The van der Waals surface area contributed by atoms with Gasteiger partial charge >= 0.3 is 0 Å². The van der Waals surface area contributed by atoms with Gasteiger partial charge in [-0.1, -0.05) is 38.0 Å². The van der Waals surface area contributed by atoms with Crippen LogP contribution < -0.4 is 10.1 Å². The fourth-order valence-corrected chi connectivity index (χ4v) is 2.08. The molecule has 0 unspecified atom stereocenters. The van der Waals surface area contributed by atoms with Crippen molar-refractivity contribution in [2.45, 2.75) is 26.2 Å². The van der Waals surface area contributed by atoms with Crippen LogP contribution in [0.15, 0.2) is 48.5 Å². The summed E-state index contributed by atoms with van der Waals surface area (Å²) in [5.41, 5.74) is 0.869. The van der Waals surface area contributed by atoms with Crippen molar-refractivity contribution in [1.82, 2.24) is 0 Å². The fourth-order valence-electron chi connectivity index (χ4n) is 2.08. The second-order valence-electron chi connectivity index (χ2n) is 5.02. The van der Waals surface area contributed by atoms with Crippen LogP contribution in [0.1, 0.15) is 36.5 Å². The van der Waals surface area contributed by atoms with E-state index >= 15 is 0 Å². The molecule has 0 bridgehead atoms. The topological polar surface area (TPSA) is 38.3 Å². The number of ether oxygens (including phenoxy) is 1. The van der Waals surface area contributed by atoms with Crippen LogP contribution in [0.2, 0.25) is 0 Å². The first kappa shape index (κ1) is 16.0. The molecule has 0 saturated carbocycles. The van der Waals surface area contributed by atoms with E-state index < -0.39 is 0 Å². The van der Waals surface area contributed by atoms with E-state index in [1.165, 1.54) is 12.1 Å². The lowest BCUT2D eigenvalue weighted by Crippen LogP contribution is -2.14. The maximum Gasteiger partial charge on any atom is 0.259 e. The van der Waals surface area contributed by atoms with Gasteiger partial charge in [-0.15, -0.1) is 0 Å². The molecule has 0 aromatic heterocycles.